The van der Waals surface area contributed by atoms with Gasteiger partial charge in [-0.15, -0.1) is 0 Å². The third-order valence-electron chi connectivity index (χ3n) is 5.46. The maximum absolute atomic E-state index is 12.5. The SMILES string of the molecule is CS(=O)(=O)NC1CCN(C(=O)CCC(=O)c2ccc3c(c2)CCCC3)CC1. The van der Waals surface area contributed by atoms with Crippen molar-refractivity contribution in [1.29, 1.82) is 0 Å². The van der Waals surface area contributed by atoms with Crippen LogP contribution in [0.2, 0.25) is 0 Å². The normalized spacial score (nSPS) is 18.2. The molecule has 1 heterocycles. The number of amides is 1. The molecule has 1 N–H and O–H groups in total. The maximum atomic E-state index is 12.5. The molecule has 2 aliphatic rings. The molecule has 1 amide bonds. The third kappa shape index (κ3) is 5.62. The maximum Gasteiger partial charge on any atom is 0.223 e. The second-order valence-electron chi connectivity index (χ2n) is 7.66. The molecule has 148 valence electrons. The van der Waals surface area contributed by atoms with Gasteiger partial charge in [-0.2, -0.15) is 0 Å². The minimum atomic E-state index is -3.22. The molecule has 7 heteroatoms. The number of carbonyl (C=O) groups excluding carboxylic acids is 2. The van der Waals surface area contributed by atoms with Gasteiger partial charge < -0.3 is 4.90 Å². The predicted octanol–water partition coefficient (Wildman–Crippen LogP) is 2.07. The molecule has 1 aliphatic heterocycles. The number of nitrogens with one attached hydrogen (secondary N) is 1. The Morgan fingerprint density at radius 3 is 2.41 bits per heavy atom. The topological polar surface area (TPSA) is 83.6 Å². The minimum Gasteiger partial charge on any atom is -0.343 e. The van der Waals surface area contributed by atoms with Crippen LogP contribution in [-0.2, 0) is 27.7 Å². The van der Waals surface area contributed by atoms with E-state index < -0.39 is 10.0 Å². The number of piperidine rings is 1. The summed E-state index contributed by atoms with van der Waals surface area (Å²) in [5.74, 6) is -0.00975. The lowest BCUT2D eigenvalue weighted by molar-refractivity contribution is -0.132. The highest BCUT2D eigenvalue weighted by molar-refractivity contribution is 7.88. The molecular weight excluding hydrogens is 364 g/mol. The van der Waals surface area contributed by atoms with Gasteiger partial charge in [0.05, 0.1) is 6.26 Å². The van der Waals surface area contributed by atoms with E-state index in [9.17, 15) is 18.0 Å². The fraction of sp³-hybridized carbons (Fsp3) is 0.600. The van der Waals surface area contributed by atoms with Crippen molar-refractivity contribution in [2.45, 2.75) is 57.4 Å². The number of aryl methyl sites for hydroxylation is 2. The summed E-state index contributed by atoms with van der Waals surface area (Å²) in [6, 6.07) is 5.84. The monoisotopic (exact) mass is 392 g/mol. The van der Waals surface area contributed by atoms with Crippen LogP contribution in [0.15, 0.2) is 18.2 Å². The summed E-state index contributed by atoms with van der Waals surface area (Å²) < 4.78 is 25.2. The van der Waals surface area contributed by atoms with E-state index in [1.807, 2.05) is 12.1 Å². The van der Waals surface area contributed by atoms with Crippen LogP contribution in [0.1, 0.15) is 60.0 Å². The van der Waals surface area contributed by atoms with Gasteiger partial charge in [-0.25, -0.2) is 13.1 Å². The van der Waals surface area contributed by atoms with Gasteiger partial charge in [0.25, 0.3) is 0 Å². The van der Waals surface area contributed by atoms with Gasteiger partial charge in [0.1, 0.15) is 0 Å². The van der Waals surface area contributed by atoms with Gasteiger partial charge >= 0.3 is 0 Å². The molecule has 0 atom stereocenters. The number of ketones is 1. The van der Waals surface area contributed by atoms with Gasteiger partial charge in [0.15, 0.2) is 5.78 Å². The van der Waals surface area contributed by atoms with Crippen molar-refractivity contribution < 1.29 is 18.0 Å². The molecule has 6 nitrogen and oxygen atoms in total. The number of carbonyl (C=O) groups is 2. The molecule has 1 saturated heterocycles. The fourth-order valence-electron chi connectivity index (χ4n) is 3.98. The van der Waals surface area contributed by atoms with E-state index in [-0.39, 0.29) is 30.6 Å². The van der Waals surface area contributed by atoms with Crippen LogP contribution in [0.5, 0.6) is 0 Å². The van der Waals surface area contributed by atoms with Crippen molar-refractivity contribution in [2.75, 3.05) is 19.3 Å². The smallest absolute Gasteiger partial charge is 0.223 e. The average Bonchev–Trinajstić information content (AvgIpc) is 2.64. The number of fused-ring (bicyclic) bond motifs is 1. The van der Waals surface area contributed by atoms with Gasteiger partial charge in [0.2, 0.25) is 15.9 Å². The summed E-state index contributed by atoms with van der Waals surface area (Å²) in [6.07, 6.45) is 7.31. The number of Topliss-reactive ketones (excluding diaryl/α,β-unsaturated/α-hetero) is 1. The van der Waals surface area contributed by atoms with Gasteiger partial charge in [-0.05, 0) is 55.7 Å². The molecule has 0 aromatic heterocycles. The molecule has 0 unspecified atom stereocenters. The zero-order valence-corrected chi connectivity index (χ0v) is 16.7. The summed E-state index contributed by atoms with van der Waals surface area (Å²) in [7, 11) is -3.22. The summed E-state index contributed by atoms with van der Waals surface area (Å²) in [5, 5.41) is 0. The first kappa shape index (κ1) is 20.0. The van der Waals surface area contributed by atoms with E-state index in [2.05, 4.69) is 10.8 Å². The highest BCUT2D eigenvalue weighted by atomic mass is 32.2. The number of sulfonamides is 1. The number of benzene rings is 1. The molecule has 0 spiro atoms. The van der Waals surface area contributed by atoms with Crippen LogP contribution in [0, 0.1) is 0 Å². The van der Waals surface area contributed by atoms with Crippen molar-refractivity contribution in [3.05, 3.63) is 34.9 Å². The first-order valence-electron chi connectivity index (χ1n) is 9.72. The summed E-state index contributed by atoms with van der Waals surface area (Å²) in [5.41, 5.74) is 3.33. The number of likely N-dealkylation sites (tertiary alicyclic amines) is 1. The Morgan fingerprint density at radius 1 is 1.07 bits per heavy atom. The lowest BCUT2D eigenvalue weighted by Crippen LogP contribution is -2.46. The molecule has 3 rings (SSSR count). The second-order valence-corrected chi connectivity index (χ2v) is 9.44. The van der Waals surface area contributed by atoms with Crippen LogP contribution >= 0.6 is 0 Å². The van der Waals surface area contributed by atoms with Crippen LogP contribution in [0.3, 0.4) is 0 Å². The molecule has 0 bridgehead atoms. The number of hydrogen-bond donors (Lipinski definition) is 1. The third-order valence-corrected chi connectivity index (χ3v) is 6.23. The lowest BCUT2D eigenvalue weighted by atomic mass is 9.89. The highest BCUT2D eigenvalue weighted by Crippen LogP contribution is 2.23. The average molecular weight is 393 g/mol. The number of rotatable bonds is 6. The van der Waals surface area contributed by atoms with E-state index in [0.29, 0.717) is 31.5 Å². The van der Waals surface area contributed by atoms with E-state index in [1.165, 1.54) is 24.0 Å². The van der Waals surface area contributed by atoms with Crippen LogP contribution < -0.4 is 4.72 Å². The second kappa shape index (κ2) is 8.52. The lowest BCUT2D eigenvalue weighted by Gasteiger charge is -2.32. The summed E-state index contributed by atoms with van der Waals surface area (Å²) in [4.78, 5) is 26.6. The van der Waals surface area contributed by atoms with E-state index >= 15 is 0 Å². The Labute approximate surface area is 161 Å². The first-order valence-corrected chi connectivity index (χ1v) is 11.6. The van der Waals surface area contributed by atoms with Crippen molar-refractivity contribution in [1.82, 2.24) is 9.62 Å². The van der Waals surface area contributed by atoms with Crippen LogP contribution in [0.25, 0.3) is 0 Å². The van der Waals surface area contributed by atoms with Crippen molar-refractivity contribution in [3.8, 4) is 0 Å². The number of nitrogens with zero attached hydrogens (tertiary/aromatic N) is 1. The Bertz CT molecular complexity index is 811. The summed E-state index contributed by atoms with van der Waals surface area (Å²) in [6.45, 7) is 1.05. The molecule has 1 aromatic carbocycles. The Morgan fingerprint density at radius 2 is 1.74 bits per heavy atom. The highest BCUT2D eigenvalue weighted by Gasteiger charge is 2.25. The van der Waals surface area contributed by atoms with Gasteiger partial charge in [-0.3, -0.25) is 9.59 Å². The predicted molar refractivity (Wildman–Crippen MR) is 104 cm³/mol. The zero-order valence-electron chi connectivity index (χ0n) is 15.9. The van der Waals surface area contributed by atoms with Crippen LogP contribution in [0.4, 0.5) is 0 Å². The first-order chi connectivity index (χ1) is 12.8. The largest absolute Gasteiger partial charge is 0.343 e. The zero-order chi connectivity index (χ0) is 19.4. The van der Waals surface area contributed by atoms with Crippen molar-refractivity contribution >= 4 is 21.7 Å². The molecule has 27 heavy (non-hydrogen) atoms. The van der Waals surface area contributed by atoms with Crippen molar-refractivity contribution in [2.24, 2.45) is 0 Å². The molecule has 1 aromatic rings. The molecule has 0 radical (unpaired) electrons. The molecular formula is C20H28N2O4S. The van der Waals surface area contributed by atoms with E-state index in [0.717, 1.165) is 19.1 Å². The molecule has 1 aliphatic carbocycles. The van der Waals surface area contributed by atoms with E-state index in [4.69, 9.17) is 0 Å². The number of hydrogen-bond acceptors (Lipinski definition) is 4. The van der Waals surface area contributed by atoms with Crippen molar-refractivity contribution in [3.63, 3.8) is 0 Å². The molecule has 1 fully saturated rings. The Kier molecular flexibility index (Phi) is 6.32. The van der Waals surface area contributed by atoms with Gasteiger partial charge in [0, 0.05) is 37.5 Å². The van der Waals surface area contributed by atoms with Gasteiger partial charge in [-0.1, -0.05) is 12.1 Å². The van der Waals surface area contributed by atoms with Crippen LogP contribution in [-0.4, -0.2) is 50.4 Å². The quantitative estimate of drug-likeness (QED) is 0.751. The Hall–Kier alpha value is -1.73. The standard InChI is InChI=1S/C20H28N2O4S/c1-27(25,26)21-18-10-12-22(13-11-18)20(24)9-8-19(23)17-7-6-15-4-2-3-5-16(15)14-17/h6-7,14,18,21H,2-5,8-13H2,1H3. The fourth-order valence-corrected chi connectivity index (χ4v) is 4.82. The Balaban J connectivity index is 1.47. The molecule has 0 saturated carbocycles. The summed E-state index contributed by atoms with van der Waals surface area (Å²) >= 11 is 0. The minimum absolute atomic E-state index is 0.0188. The van der Waals surface area contributed by atoms with E-state index in [1.54, 1.807) is 4.90 Å².